The minimum Gasteiger partial charge on any atom is -0.298 e. The van der Waals surface area contributed by atoms with E-state index in [0.717, 1.165) is 12.0 Å². The van der Waals surface area contributed by atoms with Gasteiger partial charge in [0.15, 0.2) is 5.78 Å². The summed E-state index contributed by atoms with van der Waals surface area (Å²) in [6.07, 6.45) is 4.09. The Morgan fingerprint density at radius 1 is 1.29 bits per heavy atom. The van der Waals surface area contributed by atoms with E-state index in [1.807, 2.05) is 0 Å². The molecule has 0 spiro atoms. The summed E-state index contributed by atoms with van der Waals surface area (Å²) in [5.41, 5.74) is 3.98. The zero-order valence-electron chi connectivity index (χ0n) is 8.05. The highest BCUT2D eigenvalue weighted by atomic mass is 35.5. The van der Waals surface area contributed by atoms with Gasteiger partial charge in [-0.2, -0.15) is 0 Å². The van der Waals surface area contributed by atoms with Gasteiger partial charge in [0.2, 0.25) is 0 Å². The standard InChI is InChI=1S/C12H13ClO/c13-8-12(14)7-9-4-5-10-2-1-3-11(10)6-9/h4-6H,1-3,7-8H2. The van der Waals surface area contributed by atoms with Crippen molar-refractivity contribution in [3.8, 4) is 0 Å². The number of Topliss-reactive ketones (excluding diaryl/α,β-unsaturated/α-hetero) is 1. The number of alkyl halides is 1. The first-order valence-corrected chi connectivity index (χ1v) is 5.51. The van der Waals surface area contributed by atoms with Crippen LogP contribution in [0.25, 0.3) is 0 Å². The molecule has 74 valence electrons. The van der Waals surface area contributed by atoms with Crippen LogP contribution in [0.1, 0.15) is 23.1 Å². The van der Waals surface area contributed by atoms with Crippen LogP contribution < -0.4 is 0 Å². The normalized spacial score (nSPS) is 14.1. The van der Waals surface area contributed by atoms with Crippen molar-refractivity contribution < 1.29 is 4.79 Å². The Morgan fingerprint density at radius 3 is 2.86 bits per heavy atom. The first kappa shape index (κ1) is 9.72. The van der Waals surface area contributed by atoms with Crippen molar-refractivity contribution in [3.05, 3.63) is 34.9 Å². The van der Waals surface area contributed by atoms with Crippen molar-refractivity contribution in [1.29, 1.82) is 0 Å². The number of hydrogen-bond acceptors (Lipinski definition) is 1. The molecule has 14 heavy (non-hydrogen) atoms. The fourth-order valence-corrected chi connectivity index (χ4v) is 2.10. The number of carbonyl (C=O) groups excluding carboxylic acids is 1. The summed E-state index contributed by atoms with van der Waals surface area (Å²) >= 11 is 5.47. The van der Waals surface area contributed by atoms with Crippen molar-refractivity contribution in [2.45, 2.75) is 25.7 Å². The maximum Gasteiger partial charge on any atom is 0.151 e. The van der Waals surface area contributed by atoms with Crippen molar-refractivity contribution in [2.75, 3.05) is 5.88 Å². The summed E-state index contributed by atoms with van der Waals surface area (Å²) in [6, 6.07) is 6.36. The molecular weight excluding hydrogens is 196 g/mol. The summed E-state index contributed by atoms with van der Waals surface area (Å²) in [5.74, 6) is 0.224. The molecule has 0 aromatic heterocycles. The Morgan fingerprint density at radius 2 is 2.07 bits per heavy atom. The van der Waals surface area contributed by atoms with Crippen LogP contribution in [0, 0.1) is 0 Å². The van der Waals surface area contributed by atoms with Crippen LogP contribution in [0.3, 0.4) is 0 Å². The highest BCUT2D eigenvalue weighted by Gasteiger charge is 2.11. The molecule has 0 fully saturated rings. The third-order valence-corrected chi connectivity index (χ3v) is 3.01. The predicted octanol–water partition coefficient (Wildman–Crippen LogP) is 2.53. The molecule has 0 radical (unpaired) electrons. The quantitative estimate of drug-likeness (QED) is 0.698. The number of hydrogen-bond donors (Lipinski definition) is 0. The van der Waals surface area contributed by atoms with Gasteiger partial charge in [-0.25, -0.2) is 0 Å². The lowest BCUT2D eigenvalue weighted by atomic mass is 10.0. The lowest BCUT2D eigenvalue weighted by Gasteiger charge is -2.03. The van der Waals surface area contributed by atoms with Gasteiger partial charge in [-0.15, -0.1) is 11.6 Å². The molecule has 2 rings (SSSR count). The number of aryl methyl sites for hydroxylation is 2. The molecule has 0 aliphatic heterocycles. The van der Waals surface area contributed by atoms with Crippen molar-refractivity contribution in [1.82, 2.24) is 0 Å². The second-order valence-corrected chi connectivity index (χ2v) is 4.07. The smallest absolute Gasteiger partial charge is 0.151 e. The number of fused-ring (bicyclic) bond motifs is 1. The summed E-state index contributed by atoms with van der Waals surface area (Å²) < 4.78 is 0. The average molecular weight is 209 g/mol. The minimum absolute atomic E-state index is 0.101. The van der Waals surface area contributed by atoms with Crippen LogP contribution in [0.2, 0.25) is 0 Å². The Bertz CT molecular complexity index is 357. The lowest BCUT2D eigenvalue weighted by Crippen LogP contribution is -2.04. The van der Waals surface area contributed by atoms with Gasteiger partial charge in [0.25, 0.3) is 0 Å². The Hall–Kier alpha value is -0.820. The monoisotopic (exact) mass is 208 g/mol. The maximum absolute atomic E-state index is 11.1. The van der Waals surface area contributed by atoms with Crippen LogP contribution in [0.4, 0.5) is 0 Å². The lowest BCUT2D eigenvalue weighted by molar-refractivity contribution is -0.116. The molecule has 2 heteroatoms. The van der Waals surface area contributed by atoms with Crippen LogP contribution in [-0.2, 0) is 24.1 Å². The van der Waals surface area contributed by atoms with E-state index < -0.39 is 0 Å². The molecule has 0 saturated heterocycles. The third kappa shape index (κ3) is 1.98. The SMILES string of the molecule is O=C(CCl)Cc1ccc2c(c1)CCC2. The summed E-state index contributed by atoms with van der Waals surface area (Å²) in [6.45, 7) is 0. The molecule has 0 atom stereocenters. The van der Waals surface area contributed by atoms with Crippen LogP contribution in [0.15, 0.2) is 18.2 Å². The summed E-state index contributed by atoms with van der Waals surface area (Å²) in [7, 11) is 0. The number of rotatable bonds is 3. The Kier molecular flexibility index (Phi) is 2.87. The zero-order chi connectivity index (χ0) is 9.97. The predicted molar refractivity (Wildman–Crippen MR) is 57.9 cm³/mol. The van der Waals surface area contributed by atoms with Crippen molar-refractivity contribution in [2.24, 2.45) is 0 Å². The van der Waals surface area contributed by atoms with E-state index >= 15 is 0 Å². The van der Waals surface area contributed by atoms with E-state index in [0.29, 0.717) is 6.42 Å². The van der Waals surface area contributed by atoms with Gasteiger partial charge in [0.1, 0.15) is 0 Å². The van der Waals surface area contributed by atoms with Crippen molar-refractivity contribution in [3.63, 3.8) is 0 Å². The average Bonchev–Trinajstić information content (AvgIpc) is 2.64. The van der Waals surface area contributed by atoms with Gasteiger partial charge >= 0.3 is 0 Å². The van der Waals surface area contributed by atoms with Gasteiger partial charge in [0, 0.05) is 6.42 Å². The first-order valence-electron chi connectivity index (χ1n) is 4.98. The van der Waals surface area contributed by atoms with E-state index in [-0.39, 0.29) is 11.7 Å². The molecule has 1 aromatic rings. The number of carbonyl (C=O) groups is 1. The molecule has 1 aliphatic rings. The largest absolute Gasteiger partial charge is 0.298 e. The topological polar surface area (TPSA) is 17.1 Å². The number of ketones is 1. The summed E-state index contributed by atoms with van der Waals surface area (Å²) in [4.78, 5) is 11.1. The number of halogens is 1. The fourth-order valence-electron chi connectivity index (χ4n) is 2.01. The molecule has 1 aliphatic carbocycles. The van der Waals surface area contributed by atoms with Crippen LogP contribution >= 0.6 is 11.6 Å². The van der Waals surface area contributed by atoms with E-state index in [1.165, 1.54) is 24.0 Å². The van der Waals surface area contributed by atoms with Gasteiger partial charge in [-0.05, 0) is 36.0 Å². The van der Waals surface area contributed by atoms with E-state index in [2.05, 4.69) is 18.2 Å². The minimum atomic E-state index is 0.101. The van der Waals surface area contributed by atoms with Gasteiger partial charge < -0.3 is 0 Å². The Balaban J connectivity index is 2.16. The second-order valence-electron chi connectivity index (χ2n) is 3.81. The molecule has 1 nitrogen and oxygen atoms in total. The Labute approximate surface area is 89.1 Å². The van der Waals surface area contributed by atoms with Gasteiger partial charge in [-0.3, -0.25) is 4.79 Å². The van der Waals surface area contributed by atoms with Crippen molar-refractivity contribution >= 4 is 17.4 Å². The fraction of sp³-hybridized carbons (Fsp3) is 0.417. The molecular formula is C12H13ClO. The highest BCUT2D eigenvalue weighted by molar-refractivity contribution is 6.27. The molecule has 0 bridgehead atoms. The molecule has 0 amide bonds. The van der Waals surface area contributed by atoms with Crippen LogP contribution in [0.5, 0.6) is 0 Å². The molecule has 0 unspecified atom stereocenters. The highest BCUT2D eigenvalue weighted by Crippen LogP contribution is 2.22. The number of benzene rings is 1. The molecule has 1 aromatic carbocycles. The molecule has 0 saturated carbocycles. The van der Waals surface area contributed by atoms with Gasteiger partial charge in [0.05, 0.1) is 5.88 Å². The zero-order valence-corrected chi connectivity index (χ0v) is 8.81. The first-order chi connectivity index (χ1) is 6.79. The maximum atomic E-state index is 11.1. The molecule has 0 heterocycles. The van der Waals surface area contributed by atoms with Gasteiger partial charge in [-0.1, -0.05) is 18.2 Å². The third-order valence-electron chi connectivity index (χ3n) is 2.71. The molecule has 0 N–H and O–H groups in total. The van der Waals surface area contributed by atoms with E-state index in [1.54, 1.807) is 0 Å². The van der Waals surface area contributed by atoms with Crippen LogP contribution in [-0.4, -0.2) is 11.7 Å². The van der Waals surface area contributed by atoms with E-state index in [4.69, 9.17) is 11.6 Å². The van der Waals surface area contributed by atoms with E-state index in [9.17, 15) is 4.79 Å². The summed E-state index contributed by atoms with van der Waals surface area (Å²) in [5, 5.41) is 0. The second kappa shape index (κ2) is 4.14.